The smallest absolute Gasteiger partial charge is 0.291 e. The number of carbonyl (C=O) groups is 2. The van der Waals surface area contributed by atoms with Gasteiger partial charge in [0, 0.05) is 13.1 Å². The van der Waals surface area contributed by atoms with Gasteiger partial charge in [0.1, 0.15) is 0 Å². The van der Waals surface area contributed by atoms with Crippen molar-refractivity contribution in [2.75, 3.05) is 11.6 Å². The maximum atomic E-state index is 12.6. The van der Waals surface area contributed by atoms with Crippen molar-refractivity contribution in [2.24, 2.45) is 0 Å². The molecule has 1 aliphatic rings. The van der Waals surface area contributed by atoms with Crippen molar-refractivity contribution in [3.63, 3.8) is 0 Å². The van der Waals surface area contributed by atoms with Gasteiger partial charge in [-0.15, -0.1) is 0 Å². The summed E-state index contributed by atoms with van der Waals surface area (Å²) in [5.74, 6) is -0.882. The first-order chi connectivity index (χ1) is 13.2. The lowest BCUT2D eigenvalue weighted by Gasteiger charge is -2.28. The van der Waals surface area contributed by atoms with Crippen LogP contribution in [0.5, 0.6) is 0 Å². The minimum atomic E-state index is -0.456. The van der Waals surface area contributed by atoms with Crippen LogP contribution in [0.15, 0.2) is 84.9 Å². The van der Waals surface area contributed by atoms with Gasteiger partial charge in [-0.05, 0) is 23.3 Å². The number of Topliss-reactive ketones (excluding diaryl/α,β-unsaturated/α-hetero) is 1. The molecule has 0 aliphatic carbocycles. The van der Waals surface area contributed by atoms with E-state index in [4.69, 9.17) is 0 Å². The Kier molecular flexibility index (Phi) is 4.81. The molecule has 3 aromatic rings. The Labute approximate surface area is 158 Å². The molecule has 3 aromatic carbocycles. The van der Waals surface area contributed by atoms with Crippen LogP contribution in [0.4, 0.5) is 5.69 Å². The Morgan fingerprint density at radius 2 is 1.19 bits per heavy atom. The number of amides is 1. The predicted octanol–water partition coefficient (Wildman–Crippen LogP) is 3.88. The molecule has 0 N–H and O–H groups in total. The number of rotatable bonds is 6. The minimum Gasteiger partial charge on any atom is -0.291 e. The van der Waals surface area contributed by atoms with Crippen molar-refractivity contribution in [3.05, 3.63) is 102 Å². The molecule has 27 heavy (non-hydrogen) atoms. The topological polar surface area (TPSA) is 40.6 Å². The van der Waals surface area contributed by atoms with Crippen LogP contribution >= 0.6 is 0 Å². The number of ketones is 1. The highest BCUT2D eigenvalue weighted by atomic mass is 16.2. The number of nitrogens with zero attached hydrogens (tertiary/aromatic N) is 2. The number of hydrogen-bond acceptors (Lipinski definition) is 3. The second-order valence-electron chi connectivity index (χ2n) is 6.68. The molecule has 134 valence electrons. The molecule has 1 amide bonds. The summed E-state index contributed by atoms with van der Waals surface area (Å²) in [5.41, 5.74) is 3.51. The Hall–Kier alpha value is -3.24. The summed E-state index contributed by atoms with van der Waals surface area (Å²) in [7, 11) is 0. The van der Waals surface area contributed by atoms with E-state index in [1.165, 1.54) is 11.1 Å². The lowest BCUT2D eigenvalue weighted by atomic mass is 10.1. The molecule has 0 aromatic heterocycles. The third-order valence-corrected chi connectivity index (χ3v) is 4.72. The zero-order valence-corrected chi connectivity index (χ0v) is 14.9. The average molecular weight is 356 g/mol. The van der Waals surface area contributed by atoms with E-state index in [-0.39, 0.29) is 0 Å². The molecule has 0 atom stereocenters. The third kappa shape index (κ3) is 3.66. The molecule has 0 spiro atoms. The summed E-state index contributed by atoms with van der Waals surface area (Å²) in [6.45, 7) is 1.75. The van der Waals surface area contributed by atoms with Gasteiger partial charge < -0.3 is 0 Å². The van der Waals surface area contributed by atoms with E-state index in [0.29, 0.717) is 31.0 Å². The quantitative estimate of drug-likeness (QED) is 0.630. The van der Waals surface area contributed by atoms with Crippen LogP contribution in [0, 0.1) is 0 Å². The highest BCUT2D eigenvalue weighted by molar-refractivity contribution is 6.52. The van der Waals surface area contributed by atoms with Crippen LogP contribution in [0.25, 0.3) is 0 Å². The summed E-state index contributed by atoms with van der Waals surface area (Å²) in [6, 6.07) is 27.5. The van der Waals surface area contributed by atoms with E-state index in [1.807, 2.05) is 48.5 Å². The van der Waals surface area contributed by atoms with E-state index in [0.717, 1.165) is 0 Å². The van der Waals surface area contributed by atoms with Crippen molar-refractivity contribution >= 4 is 17.4 Å². The Bertz CT molecular complexity index is 913. The number of fused-ring (bicyclic) bond motifs is 1. The standard InChI is InChI=1S/C23H20N2O2/c26-22-20-13-7-8-14-21(20)25(23(22)27)17-24(15-18-9-3-1-4-10-18)16-19-11-5-2-6-12-19/h1-14H,15-17H2. The number of carbonyl (C=O) groups excluding carboxylic acids is 2. The number of hydrogen-bond donors (Lipinski definition) is 0. The molecule has 1 aliphatic heterocycles. The van der Waals surface area contributed by atoms with Crippen molar-refractivity contribution in [2.45, 2.75) is 13.1 Å². The molecule has 4 heteroatoms. The van der Waals surface area contributed by atoms with Gasteiger partial charge in [0.05, 0.1) is 17.9 Å². The van der Waals surface area contributed by atoms with Gasteiger partial charge in [-0.3, -0.25) is 19.4 Å². The highest BCUT2D eigenvalue weighted by Gasteiger charge is 2.36. The summed E-state index contributed by atoms with van der Waals surface area (Å²) in [5, 5.41) is 0. The molecular formula is C23H20N2O2. The monoisotopic (exact) mass is 356 g/mol. The van der Waals surface area contributed by atoms with E-state index < -0.39 is 11.7 Å². The van der Waals surface area contributed by atoms with E-state index in [9.17, 15) is 9.59 Å². The molecule has 0 saturated heterocycles. The number of benzene rings is 3. The zero-order chi connectivity index (χ0) is 18.6. The molecular weight excluding hydrogens is 336 g/mol. The van der Waals surface area contributed by atoms with Gasteiger partial charge in [0.25, 0.3) is 5.78 Å². The average Bonchev–Trinajstić information content (AvgIpc) is 2.95. The zero-order valence-electron chi connectivity index (χ0n) is 14.9. The number of anilines is 1. The van der Waals surface area contributed by atoms with Crippen molar-refractivity contribution in [1.82, 2.24) is 4.90 Å². The van der Waals surface area contributed by atoms with Crippen LogP contribution < -0.4 is 4.90 Å². The summed E-state index contributed by atoms with van der Waals surface area (Å²) in [4.78, 5) is 28.6. The largest absolute Gasteiger partial charge is 0.300 e. The lowest BCUT2D eigenvalue weighted by molar-refractivity contribution is -0.114. The van der Waals surface area contributed by atoms with Crippen LogP contribution in [0.1, 0.15) is 21.5 Å². The Morgan fingerprint density at radius 1 is 0.667 bits per heavy atom. The van der Waals surface area contributed by atoms with E-state index in [2.05, 4.69) is 29.2 Å². The van der Waals surface area contributed by atoms with Gasteiger partial charge in [0.15, 0.2) is 0 Å². The second kappa shape index (κ2) is 7.56. The van der Waals surface area contributed by atoms with Crippen LogP contribution in [-0.4, -0.2) is 23.3 Å². The normalized spacial score (nSPS) is 13.3. The fraction of sp³-hybridized carbons (Fsp3) is 0.130. The Balaban J connectivity index is 1.61. The molecule has 4 rings (SSSR count). The molecule has 0 bridgehead atoms. The van der Waals surface area contributed by atoms with E-state index in [1.54, 1.807) is 17.0 Å². The SMILES string of the molecule is O=C1C(=O)N(CN(Cc2ccccc2)Cc2ccccc2)c2ccccc21. The van der Waals surface area contributed by atoms with Gasteiger partial charge >= 0.3 is 5.91 Å². The lowest BCUT2D eigenvalue weighted by Crippen LogP contribution is -2.40. The van der Waals surface area contributed by atoms with Gasteiger partial charge in [0.2, 0.25) is 0 Å². The fourth-order valence-electron chi connectivity index (χ4n) is 3.43. The van der Waals surface area contributed by atoms with Gasteiger partial charge in [-0.2, -0.15) is 0 Å². The van der Waals surface area contributed by atoms with Gasteiger partial charge in [-0.1, -0.05) is 72.8 Å². The molecule has 0 radical (unpaired) electrons. The molecule has 4 nitrogen and oxygen atoms in total. The summed E-state index contributed by atoms with van der Waals surface area (Å²) in [6.07, 6.45) is 0. The molecule has 0 fully saturated rings. The molecule has 0 saturated carbocycles. The van der Waals surface area contributed by atoms with Crippen molar-refractivity contribution in [1.29, 1.82) is 0 Å². The highest BCUT2D eigenvalue weighted by Crippen LogP contribution is 2.29. The number of para-hydroxylation sites is 1. The fourth-order valence-corrected chi connectivity index (χ4v) is 3.43. The van der Waals surface area contributed by atoms with Crippen LogP contribution in [-0.2, 0) is 17.9 Å². The summed E-state index contributed by atoms with van der Waals surface area (Å²) >= 11 is 0. The molecule has 0 unspecified atom stereocenters. The van der Waals surface area contributed by atoms with Crippen LogP contribution in [0.2, 0.25) is 0 Å². The minimum absolute atomic E-state index is 0.366. The maximum Gasteiger partial charge on any atom is 0.300 e. The van der Waals surface area contributed by atoms with Gasteiger partial charge in [-0.25, -0.2) is 0 Å². The Morgan fingerprint density at radius 3 is 1.78 bits per heavy atom. The van der Waals surface area contributed by atoms with Crippen molar-refractivity contribution in [3.8, 4) is 0 Å². The predicted molar refractivity (Wildman–Crippen MR) is 105 cm³/mol. The van der Waals surface area contributed by atoms with E-state index >= 15 is 0 Å². The molecule has 1 heterocycles. The second-order valence-corrected chi connectivity index (χ2v) is 6.68. The first kappa shape index (κ1) is 17.2. The third-order valence-electron chi connectivity index (χ3n) is 4.72. The first-order valence-electron chi connectivity index (χ1n) is 8.98. The van der Waals surface area contributed by atoms with Crippen LogP contribution in [0.3, 0.4) is 0 Å². The van der Waals surface area contributed by atoms with Crippen molar-refractivity contribution < 1.29 is 9.59 Å². The first-order valence-corrected chi connectivity index (χ1v) is 8.98. The summed E-state index contributed by atoms with van der Waals surface area (Å²) < 4.78 is 0. The maximum absolute atomic E-state index is 12.6.